The summed E-state index contributed by atoms with van der Waals surface area (Å²) in [5.41, 5.74) is 0.922. The van der Waals surface area contributed by atoms with E-state index in [1.807, 2.05) is 30.5 Å². The van der Waals surface area contributed by atoms with E-state index in [4.69, 9.17) is 4.42 Å². The molecule has 0 radical (unpaired) electrons. The predicted molar refractivity (Wildman–Crippen MR) is 76.9 cm³/mol. The summed E-state index contributed by atoms with van der Waals surface area (Å²) in [5, 5.41) is 14.0. The Morgan fingerprint density at radius 1 is 1.39 bits per heavy atom. The van der Waals surface area contributed by atoms with Crippen LogP contribution in [0.25, 0.3) is 11.0 Å². The molecule has 0 aliphatic carbocycles. The number of hydrogen-bond donors (Lipinski definition) is 2. The van der Waals surface area contributed by atoms with E-state index in [0.717, 1.165) is 16.7 Å². The van der Waals surface area contributed by atoms with Crippen LogP contribution in [0.3, 0.4) is 0 Å². The molecule has 0 saturated carbocycles. The summed E-state index contributed by atoms with van der Waals surface area (Å²) in [4.78, 5) is 0. The number of thioether (sulfide) groups is 1. The van der Waals surface area contributed by atoms with Crippen molar-refractivity contribution in [2.24, 2.45) is 0 Å². The van der Waals surface area contributed by atoms with Crippen molar-refractivity contribution >= 4 is 22.7 Å². The largest absolute Gasteiger partial charge is 0.460 e. The van der Waals surface area contributed by atoms with Crippen molar-refractivity contribution in [3.05, 3.63) is 36.1 Å². The molecular weight excluding hydrogens is 246 g/mol. The summed E-state index contributed by atoms with van der Waals surface area (Å²) < 4.78 is 5.73. The number of hydrogen-bond acceptors (Lipinski definition) is 4. The van der Waals surface area contributed by atoms with E-state index in [2.05, 4.69) is 18.3 Å². The van der Waals surface area contributed by atoms with E-state index < -0.39 is 0 Å². The molecule has 1 aromatic carbocycles. The Balaban J connectivity index is 1.97. The van der Waals surface area contributed by atoms with Crippen LogP contribution < -0.4 is 5.32 Å². The number of rotatable bonds is 6. The van der Waals surface area contributed by atoms with E-state index in [9.17, 15) is 5.11 Å². The first-order valence-corrected chi connectivity index (χ1v) is 7.38. The van der Waals surface area contributed by atoms with E-state index in [0.29, 0.717) is 6.54 Å². The van der Waals surface area contributed by atoms with Gasteiger partial charge in [-0.2, -0.15) is 11.8 Å². The molecule has 2 aromatic rings. The average molecular weight is 265 g/mol. The molecule has 2 N–H and O–H groups in total. The second kappa shape index (κ2) is 6.27. The highest BCUT2D eigenvalue weighted by atomic mass is 32.2. The van der Waals surface area contributed by atoms with Gasteiger partial charge in [0.1, 0.15) is 11.3 Å². The van der Waals surface area contributed by atoms with Gasteiger partial charge in [-0.1, -0.05) is 18.2 Å². The lowest BCUT2D eigenvalue weighted by molar-refractivity contribution is 0.274. The maximum absolute atomic E-state index is 9.22. The van der Waals surface area contributed by atoms with Crippen molar-refractivity contribution in [3.63, 3.8) is 0 Å². The maximum Gasteiger partial charge on any atom is 0.134 e. The Morgan fingerprint density at radius 2 is 2.17 bits per heavy atom. The number of aliphatic hydroxyl groups excluding tert-OH is 1. The number of benzene rings is 1. The minimum Gasteiger partial charge on any atom is -0.460 e. The zero-order chi connectivity index (χ0) is 13.0. The Bertz CT molecular complexity index is 460. The molecule has 2 atom stereocenters. The molecule has 0 fully saturated rings. The molecule has 0 aliphatic heterocycles. The third kappa shape index (κ3) is 3.07. The van der Waals surface area contributed by atoms with Gasteiger partial charge in [-0.3, -0.25) is 0 Å². The van der Waals surface area contributed by atoms with Crippen LogP contribution in [0, 0.1) is 0 Å². The predicted octanol–water partition coefficient (Wildman–Crippen LogP) is 2.63. The Hall–Kier alpha value is -0.970. The summed E-state index contributed by atoms with van der Waals surface area (Å²) in [5.74, 6) is 0.931. The highest BCUT2D eigenvalue weighted by Crippen LogP contribution is 2.19. The monoisotopic (exact) mass is 265 g/mol. The lowest BCUT2D eigenvalue weighted by Gasteiger charge is -2.20. The van der Waals surface area contributed by atoms with E-state index in [-0.39, 0.29) is 17.9 Å². The van der Waals surface area contributed by atoms with Gasteiger partial charge in [0, 0.05) is 16.7 Å². The van der Waals surface area contributed by atoms with Crippen molar-refractivity contribution < 1.29 is 9.52 Å². The molecule has 0 bridgehead atoms. The van der Waals surface area contributed by atoms with Crippen LogP contribution in [-0.4, -0.2) is 29.3 Å². The fourth-order valence-corrected chi connectivity index (χ4v) is 2.61. The number of nitrogens with one attached hydrogen (secondary N) is 1. The summed E-state index contributed by atoms with van der Waals surface area (Å²) in [7, 11) is 0. The van der Waals surface area contributed by atoms with Crippen molar-refractivity contribution in [1.82, 2.24) is 5.32 Å². The van der Waals surface area contributed by atoms with Crippen LogP contribution in [0.15, 0.2) is 34.7 Å². The van der Waals surface area contributed by atoms with Crippen molar-refractivity contribution in [1.29, 1.82) is 0 Å². The zero-order valence-electron chi connectivity index (χ0n) is 10.7. The number of fused-ring (bicyclic) bond motifs is 1. The van der Waals surface area contributed by atoms with Gasteiger partial charge in [0.25, 0.3) is 0 Å². The number of aliphatic hydroxyl groups is 1. The van der Waals surface area contributed by atoms with Gasteiger partial charge in [0.05, 0.1) is 13.2 Å². The normalized spacial score (nSPS) is 14.8. The first-order valence-electron chi connectivity index (χ1n) is 6.09. The fourth-order valence-electron chi connectivity index (χ4n) is 1.95. The lowest BCUT2D eigenvalue weighted by atomic mass is 10.2. The van der Waals surface area contributed by atoms with Gasteiger partial charge < -0.3 is 14.8 Å². The maximum atomic E-state index is 9.22. The summed E-state index contributed by atoms with van der Waals surface area (Å²) >= 11 is 1.68. The van der Waals surface area contributed by atoms with Gasteiger partial charge in [0.2, 0.25) is 0 Å². The van der Waals surface area contributed by atoms with Gasteiger partial charge >= 0.3 is 0 Å². The molecule has 0 aliphatic rings. The molecule has 18 heavy (non-hydrogen) atoms. The Morgan fingerprint density at radius 3 is 2.83 bits per heavy atom. The molecule has 0 amide bonds. The molecule has 0 spiro atoms. The molecule has 98 valence electrons. The topological polar surface area (TPSA) is 45.4 Å². The molecule has 3 nitrogen and oxygen atoms in total. The molecule has 2 unspecified atom stereocenters. The average Bonchev–Trinajstić information content (AvgIpc) is 2.80. The third-order valence-corrected chi connectivity index (χ3v) is 4.28. The fraction of sp³-hybridized carbons (Fsp3) is 0.429. The highest BCUT2D eigenvalue weighted by Gasteiger charge is 2.15. The van der Waals surface area contributed by atoms with E-state index in [1.165, 1.54) is 0 Å². The molecule has 4 heteroatoms. The van der Waals surface area contributed by atoms with E-state index in [1.54, 1.807) is 11.8 Å². The molecular formula is C14H19NO2S. The van der Waals surface area contributed by atoms with E-state index >= 15 is 0 Å². The van der Waals surface area contributed by atoms with Crippen LogP contribution in [0.1, 0.15) is 12.7 Å². The molecule has 2 rings (SSSR count). The van der Waals surface area contributed by atoms with Crippen molar-refractivity contribution in [3.8, 4) is 0 Å². The van der Waals surface area contributed by atoms with Crippen LogP contribution in [-0.2, 0) is 6.54 Å². The van der Waals surface area contributed by atoms with Crippen LogP contribution in [0.5, 0.6) is 0 Å². The zero-order valence-corrected chi connectivity index (χ0v) is 11.5. The van der Waals surface area contributed by atoms with Gasteiger partial charge in [-0.05, 0) is 25.3 Å². The molecule has 1 heterocycles. The summed E-state index contributed by atoms with van der Waals surface area (Å²) in [6, 6.07) is 10.3. The molecule has 1 aromatic heterocycles. The minimum atomic E-state index is 0.190. The second-order valence-corrected chi connectivity index (χ2v) is 5.45. The first-order chi connectivity index (χ1) is 8.74. The van der Waals surface area contributed by atoms with Crippen LogP contribution >= 0.6 is 11.8 Å². The first kappa shape index (κ1) is 13.5. The number of furan rings is 1. The quantitative estimate of drug-likeness (QED) is 0.843. The lowest BCUT2D eigenvalue weighted by Crippen LogP contribution is -2.36. The SMILES string of the molecule is CSC(CO)C(C)NCc1cc2ccccc2o1. The van der Waals surface area contributed by atoms with Crippen molar-refractivity contribution in [2.45, 2.75) is 24.8 Å². The van der Waals surface area contributed by atoms with Crippen molar-refractivity contribution in [2.75, 3.05) is 12.9 Å². The minimum absolute atomic E-state index is 0.190. The summed E-state index contributed by atoms with van der Waals surface area (Å²) in [6.45, 7) is 2.96. The van der Waals surface area contributed by atoms with Gasteiger partial charge in [-0.25, -0.2) is 0 Å². The van der Waals surface area contributed by atoms with Gasteiger partial charge in [-0.15, -0.1) is 0 Å². The standard InChI is InChI=1S/C14H19NO2S/c1-10(14(9-16)18-2)15-8-12-7-11-5-3-4-6-13(11)17-12/h3-7,10,14-16H,8-9H2,1-2H3. The third-order valence-electron chi connectivity index (χ3n) is 3.12. The van der Waals surface area contributed by atoms with Crippen LogP contribution in [0.4, 0.5) is 0 Å². The smallest absolute Gasteiger partial charge is 0.134 e. The van der Waals surface area contributed by atoms with Crippen LogP contribution in [0.2, 0.25) is 0 Å². The summed E-state index contributed by atoms with van der Waals surface area (Å²) in [6.07, 6.45) is 2.01. The van der Waals surface area contributed by atoms with Gasteiger partial charge in [0.15, 0.2) is 0 Å². The second-order valence-electron chi connectivity index (χ2n) is 4.38. The Labute approximate surface area is 112 Å². The molecule has 0 saturated heterocycles. The number of para-hydroxylation sites is 1. The Kier molecular flexibility index (Phi) is 4.69. The highest BCUT2D eigenvalue weighted by molar-refractivity contribution is 7.99.